The molecule has 0 spiro atoms. The van der Waals surface area contributed by atoms with Gasteiger partial charge in [-0.1, -0.05) is 53.0 Å². The standard InChI is InChI=1S/C26H18Cl3N3O5/c1-14-19(27)6-3-7-22(14)32-25(35)18(24(34)31-26(32)36)11-15-4-2-5-17(10-15)37-13-23(33)30-16-8-9-20(28)21(29)12-16/h2-12H,13H2,1H3,(H,30,33)(H,31,34,36)/b18-11-. The molecule has 1 heterocycles. The largest absolute Gasteiger partial charge is 0.484 e. The van der Waals surface area contributed by atoms with Gasteiger partial charge in [0.1, 0.15) is 11.3 Å². The molecule has 3 aromatic carbocycles. The van der Waals surface area contributed by atoms with E-state index in [2.05, 4.69) is 10.6 Å². The maximum Gasteiger partial charge on any atom is 0.335 e. The van der Waals surface area contributed by atoms with Gasteiger partial charge in [0.05, 0.1) is 15.7 Å². The van der Waals surface area contributed by atoms with Gasteiger partial charge in [-0.3, -0.25) is 19.7 Å². The summed E-state index contributed by atoms with van der Waals surface area (Å²) >= 11 is 18.0. The van der Waals surface area contributed by atoms with Gasteiger partial charge >= 0.3 is 6.03 Å². The number of nitrogens with one attached hydrogen (secondary N) is 2. The van der Waals surface area contributed by atoms with Crippen LogP contribution in [0.2, 0.25) is 15.1 Å². The van der Waals surface area contributed by atoms with Crippen molar-refractivity contribution in [3.63, 3.8) is 0 Å². The molecule has 8 nitrogen and oxygen atoms in total. The summed E-state index contributed by atoms with van der Waals surface area (Å²) in [5, 5.41) is 5.85. The molecule has 1 aliphatic rings. The first-order valence-electron chi connectivity index (χ1n) is 10.8. The van der Waals surface area contributed by atoms with E-state index in [-0.39, 0.29) is 17.9 Å². The van der Waals surface area contributed by atoms with Gasteiger partial charge in [-0.15, -0.1) is 0 Å². The third kappa shape index (κ3) is 5.94. The Balaban J connectivity index is 1.50. The Bertz CT molecular complexity index is 1470. The zero-order chi connectivity index (χ0) is 26.7. The SMILES string of the molecule is Cc1c(Cl)cccc1N1C(=O)NC(=O)/C(=C/c2cccc(OCC(=O)Nc3ccc(Cl)c(Cl)c3)c2)C1=O. The van der Waals surface area contributed by atoms with Crippen molar-refractivity contribution < 1.29 is 23.9 Å². The Morgan fingerprint density at radius 1 is 0.973 bits per heavy atom. The monoisotopic (exact) mass is 557 g/mol. The predicted molar refractivity (Wildman–Crippen MR) is 142 cm³/mol. The summed E-state index contributed by atoms with van der Waals surface area (Å²) in [5.74, 6) is -1.75. The van der Waals surface area contributed by atoms with Crippen molar-refractivity contribution in [1.82, 2.24) is 5.32 Å². The van der Waals surface area contributed by atoms with Crippen LogP contribution in [0.1, 0.15) is 11.1 Å². The maximum atomic E-state index is 13.2. The molecule has 0 atom stereocenters. The van der Waals surface area contributed by atoms with E-state index in [4.69, 9.17) is 39.5 Å². The van der Waals surface area contributed by atoms with E-state index < -0.39 is 23.8 Å². The molecule has 1 saturated heterocycles. The third-order valence-corrected chi connectivity index (χ3v) is 6.47. The number of hydrogen-bond donors (Lipinski definition) is 2. The molecule has 5 amide bonds. The molecule has 0 aromatic heterocycles. The fraction of sp³-hybridized carbons (Fsp3) is 0.0769. The Morgan fingerprint density at radius 2 is 1.73 bits per heavy atom. The topological polar surface area (TPSA) is 105 Å². The van der Waals surface area contributed by atoms with Gasteiger partial charge in [-0.05, 0) is 66.6 Å². The molecule has 0 bridgehead atoms. The number of barbiturate groups is 1. The normalized spacial score (nSPS) is 14.5. The van der Waals surface area contributed by atoms with Crippen molar-refractivity contribution in [1.29, 1.82) is 0 Å². The van der Waals surface area contributed by atoms with E-state index in [0.717, 1.165) is 4.90 Å². The zero-order valence-electron chi connectivity index (χ0n) is 19.2. The van der Waals surface area contributed by atoms with Crippen molar-refractivity contribution >= 4 is 76.0 Å². The quantitative estimate of drug-likeness (QED) is 0.301. The van der Waals surface area contributed by atoms with Crippen LogP contribution in [-0.4, -0.2) is 30.4 Å². The van der Waals surface area contributed by atoms with Crippen LogP contribution >= 0.6 is 34.8 Å². The molecule has 37 heavy (non-hydrogen) atoms. The first-order chi connectivity index (χ1) is 17.6. The Hall–Kier alpha value is -3.85. The number of imide groups is 2. The molecule has 4 rings (SSSR count). The third-order valence-electron chi connectivity index (χ3n) is 5.32. The molecule has 0 saturated carbocycles. The van der Waals surface area contributed by atoms with E-state index in [9.17, 15) is 19.2 Å². The Morgan fingerprint density at radius 3 is 2.49 bits per heavy atom. The Labute approximate surface area is 226 Å². The van der Waals surface area contributed by atoms with Crippen molar-refractivity contribution in [2.45, 2.75) is 6.92 Å². The fourth-order valence-electron chi connectivity index (χ4n) is 3.50. The van der Waals surface area contributed by atoms with E-state index in [1.165, 1.54) is 12.1 Å². The lowest BCUT2D eigenvalue weighted by Gasteiger charge is -2.27. The minimum absolute atomic E-state index is 0.256. The highest BCUT2D eigenvalue weighted by Crippen LogP contribution is 2.30. The lowest BCUT2D eigenvalue weighted by molar-refractivity contribution is -0.122. The van der Waals surface area contributed by atoms with Crippen molar-refractivity contribution in [2.75, 3.05) is 16.8 Å². The van der Waals surface area contributed by atoms with E-state index >= 15 is 0 Å². The first-order valence-corrected chi connectivity index (χ1v) is 11.9. The summed E-state index contributed by atoms with van der Waals surface area (Å²) in [6, 6.07) is 15.0. The van der Waals surface area contributed by atoms with Gasteiger partial charge in [0.25, 0.3) is 17.7 Å². The number of nitrogens with zero attached hydrogens (tertiary/aromatic N) is 1. The van der Waals surface area contributed by atoms with Crippen molar-refractivity contribution in [3.05, 3.63) is 92.4 Å². The van der Waals surface area contributed by atoms with Gasteiger partial charge in [0.2, 0.25) is 0 Å². The molecular formula is C26H18Cl3N3O5. The molecule has 0 unspecified atom stereocenters. The van der Waals surface area contributed by atoms with Crippen molar-refractivity contribution in [3.8, 4) is 5.75 Å². The highest BCUT2D eigenvalue weighted by molar-refractivity contribution is 6.42. The van der Waals surface area contributed by atoms with Gasteiger partial charge in [-0.2, -0.15) is 0 Å². The van der Waals surface area contributed by atoms with Crippen LogP contribution in [0.25, 0.3) is 6.08 Å². The summed E-state index contributed by atoms with van der Waals surface area (Å²) in [4.78, 5) is 51.3. The molecule has 3 aromatic rings. The van der Waals surface area contributed by atoms with Gasteiger partial charge < -0.3 is 10.1 Å². The number of carbonyl (C=O) groups is 4. The number of anilines is 2. The summed E-state index contributed by atoms with van der Waals surface area (Å²) in [6.07, 6.45) is 1.33. The predicted octanol–water partition coefficient (Wildman–Crippen LogP) is 5.64. The molecule has 11 heteroatoms. The number of rotatable bonds is 6. The fourth-order valence-corrected chi connectivity index (χ4v) is 3.96. The molecule has 1 fully saturated rings. The van der Waals surface area contributed by atoms with Crippen LogP contribution in [0.5, 0.6) is 5.75 Å². The molecular weight excluding hydrogens is 541 g/mol. The highest BCUT2D eigenvalue weighted by Gasteiger charge is 2.37. The first kappa shape index (κ1) is 26.2. The zero-order valence-corrected chi connectivity index (χ0v) is 21.4. The minimum Gasteiger partial charge on any atom is -0.484 e. The molecule has 2 N–H and O–H groups in total. The summed E-state index contributed by atoms with van der Waals surface area (Å²) in [7, 11) is 0. The maximum absolute atomic E-state index is 13.2. The number of hydrogen-bond acceptors (Lipinski definition) is 5. The number of carbonyl (C=O) groups excluding carboxylic acids is 4. The highest BCUT2D eigenvalue weighted by atomic mass is 35.5. The number of ether oxygens (including phenoxy) is 1. The summed E-state index contributed by atoms with van der Waals surface area (Å²) < 4.78 is 5.55. The number of halogens is 3. The van der Waals surface area contributed by atoms with E-state index in [1.807, 2.05) is 0 Å². The Kier molecular flexibility index (Phi) is 7.83. The van der Waals surface area contributed by atoms with E-state index in [0.29, 0.717) is 37.6 Å². The second-order valence-electron chi connectivity index (χ2n) is 7.88. The van der Waals surface area contributed by atoms with Crippen LogP contribution in [-0.2, 0) is 14.4 Å². The van der Waals surface area contributed by atoms with Crippen LogP contribution in [0, 0.1) is 6.92 Å². The number of amides is 5. The van der Waals surface area contributed by atoms with Gasteiger partial charge in [0.15, 0.2) is 6.61 Å². The average Bonchev–Trinajstić information content (AvgIpc) is 2.85. The smallest absolute Gasteiger partial charge is 0.335 e. The van der Waals surface area contributed by atoms with Crippen LogP contribution in [0.3, 0.4) is 0 Å². The second kappa shape index (κ2) is 11.0. The van der Waals surface area contributed by atoms with Gasteiger partial charge in [0, 0.05) is 10.7 Å². The van der Waals surface area contributed by atoms with Gasteiger partial charge in [-0.25, -0.2) is 9.69 Å². The number of benzene rings is 3. The molecule has 188 valence electrons. The molecule has 0 radical (unpaired) electrons. The van der Waals surface area contributed by atoms with E-state index in [1.54, 1.807) is 61.5 Å². The molecule has 1 aliphatic heterocycles. The van der Waals surface area contributed by atoms with Crippen molar-refractivity contribution in [2.24, 2.45) is 0 Å². The molecule has 0 aliphatic carbocycles. The van der Waals surface area contributed by atoms with Crippen LogP contribution < -0.4 is 20.3 Å². The second-order valence-corrected chi connectivity index (χ2v) is 9.10. The number of urea groups is 1. The lowest BCUT2D eigenvalue weighted by Crippen LogP contribution is -2.54. The summed E-state index contributed by atoms with van der Waals surface area (Å²) in [5.41, 5.74) is 1.42. The van der Waals surface area contributed by atoms with Crippen LogP contribution in [0.15, 0.2) is 66.2 Å². The lowest BCUT2D eigenvalue weighted by atomic mass is 10.1. The van der Waals surface area contributed by atoms with Crippen LogP contribution in [0.4, 0.5) is 16.2 Å². The summed E-state index contributed by atoms with van der Waals surface area (Å²) in [6.45, 7) is 1.35. The minimum atomic E-state index is -0.873. The average molecular weight is 559 g/mol.